The van der Waals surface area contributed by atoms with Gasteiger partial charge in [-0.25, -0.2) is 9.67 Å². The summed E-state index contributed by atoms with van der Waals surface area (Å²) in [6.07, 6.45) is 2.80. The van der Waals surface area contributed by atoms with Crippen molar-refractivity contribution >= 4 is 17.8 Å². The van der Waals surface area contributed by atoms with Crippen molar-refractivity contribution in [1.82, 2.24) is 20.1 Å². The number of nitrogens with two attached hydrogens (primary N) is 1. The minimum atomic E-state index is -0.587. The van der Waals surface area contributed by atoms with E-state index in [1.165, 1.54) is 11.0 Å². The van der Waals surface area contributed by atoms with E-state index in [-0.39, 0.29) is 24.3 Å². The van der Waals surface area contributed by atoms with Crippen LogP contribution in [0.2, 0.25) is 0 Å². The summed E-state index contributed by atoms with van der Waals surface area (Å²) >= 11 is 0. The van der Waals surface area contributed by atoms with E-state index in [9.17, 15) is 9.59 Å². The molecule has 0 saturated carbocycles. The van der Waals surface area contributed by atoms with Gasteiger partial charge in [-0.2, -0.15) is 0 Å². The molecule has 0 saturated heterocycles. The highest BCUT2D eigenvalue weighted by Gasteiger charge is 2.14. The average Bonchev–Trinajstić information content (AvgIpc) is 3.01. The molecular weight excluding hydrogens is 308 g/mol. The number of hydrogen-bond acceptors (Lipinski definition) is 5. The van der Waals surface area contributed by atoms with E-state index in [2.05, 4.69) is 20.7 Å². The summed E-state index contributed by atoms with van der Waals surface area (Å²) in [4.78, 5) is 27.6. The molecule has 0 fully saturated rings. The maximum Gasteiger partial charge on any atom is 0.248 e. The Hall–Kier alpha value is -2.74. The molecule has 1 aromatic heterocycles. The Morgan fingerprint density at radius 3 is 2.75 bits per heavy atom. The first-order chi connectivity index (χ1) is 11.6. The first-order valence-electron chi connectivity index (χ1n) is 7.85. The standard InChI is InChI=1S/C16H22N6O2/c1-2-6-13(17)15(24)20-16-19-11-22(21-16)10-14(23)18-9-12-7-4-3-5-8-12/h3-5,7-8,11,13H,2,6,9-10,17H2,1H3,(H,18,23)(H,20,21,24). The SMILES string of the molecule is CCCC(N)C(=O)Nc1ncn(CC(=O)NCc2ccccc2)n1. The van der Waals surface area contributed by atoms with Gasteiger partial charge in [-0.3, -0.25) is 14.9 Å². The molecule has 0 aliphatic carbocycles. The third kappa shape index (κ3) is 5.47. The monoisotopic (exact) mass is 330 g/mol. The van der Waals surface area contributed by atoms with E-state index in [1.54, 1.807) is 0 Å². The zero-order valence-corrected chi connectivity index (χ0v) is 13.6. The Labute approximate surface area is 140 Å². The molecule has 0 spiro atoms. The molecule has 1 atom stereocenters. The van der Waals surface area contributed by atoms with Crippen molar-refractivity contribution in [2.24, 2.45) is 5.73 Å². The van der Waals surface area contributed by atoms with Crippen molar-refractivity contribution in [3.8, 4) is 0 Å². The van der Waals surface area contributed by atoms with Crippen molar-refractivity contribution in [2.75, 3.05) is 5.32 Å². The minimum Gasteiger partial charge on any atom is -0.350 e. The number of amides is 2. The fourth-order valence-electron chi connectivity index (χ4n) is 2.07. The number of rotatable bonds is 8. The van der Waals surface area contributed by atoms with Crippen LogP contribution in [0.4, 0.5) is 5.95 Å². The fourth-order valence-corrected chi connectivity index (χ4v) is 2.07. The van der Waals surface area contributed by atoms with Gasteiger partial charge in [0.05, 0.1) is 6.04 Å². The van der Waals surface area contributed by atoms with E-state index in [1.807, 2.05) is 37.3 Å². The van der Waals surface area contributed by atoms with Crippen molar-refractivity contribution in [3.05, 3.63) is 42.2 Å². The third-order valence-corrected chi connectivity index (χ3v) is 3.35. The van der Waals surface area contributed by atoms with Gasteiger partial charge in [0.2, 0.25) is 17.8 Å². The Morgan fingerprint density at radius 2 is 2.04 bits per heavy atom. The molecule has 0 bridgehead atoms. The van der Waals surface area contributed by atoms with Crippen LogP contribution in [0.3, 0.4) is 0 Å². The van der Waals surface area contributed by atoms with Crippen LogP contribution in [0.15, 0.2) is 36.7 Å². The molecular formula is C16H22N6O2. The maximum atomic E-state index is 11.9. The highest BCUT2D eigenvalue weighted by molar-refractivity contribution is 5.93. The molecule has 0 radical (unpaired) electrons. The highest BCUT2D eigenvalue weighted by atomic mass is 16.2. The molecule has 0 aliphatic heterocycles. The van der Waals surface area contributed by atoms with Crippen LogP contribution < -0.4 is 16.4 Å². The number of hydrogen-bond donors (Lipinski definition) is 3. The Kier molecular flexibility index (Phi) is 6.44. The van der Waals surface area contributed by atoms with E-state index >= 15 is 0 Å². The van der Waals surface area contributed by atoms with Crippen molar-refractivity contribution in [2.45, 2.75) is 38.9 Å². The first kappa shape index (κ1) is 17.6. The second kappa shape index (κ2) is 8.78. The lowest BCUT2D eigenvalue weighted by molar-refractivity contribution is -0.122. The second-order valence-corrected chi connectivity index (χ2v) is 5.41. The highest BCUT2D eigenvalue weighted by Crippen LogP contribution is 2.01. The normalized spacial score (nSPS) is 11.8. The molecule has 4 N–H and O–H groups in total. The zero-order valence-electron chi connectivity index (χ0n) is 13.6. The number of nitrogens with zero attached hydrogens (tertiary/aromatic N) is 3. The van der Waals surface area contributed by atoms with E-state index in [0.717, 1.165) is 12.0 Å². The van der Waals surface area contributed by atoms with Crippen molar-refractivity contribution in [1.29, 1.82) is 0 Å². The summed E-state index contributed by atoms with van der Waals surface area (Å²) < 4.78 is 1.36. The van der Waals surface area contributed by atoms with Gasteiger partial charge in [0.15, 0.2) is 0 Å². The summed E-state index contributed by atoms with van der Waals surface area (Å²) in [6, 6.07) is 9.03. The van der Waals surface area contributed by atoms with Crippen LogP contribution in [-0.2, 0) is 22.7 Å². The zero-order chi connectivity index (χ0) is 17.4. The average molecular weight is 330 g/mol. The minimum absolute atomic E-state index is 0.0245. The second-order valence-electron chi connectivity index (χ2n) is 5.41. The van der Waals surface area contributed by atoms with Crippen LogP contribution in [0.25, 0.3) is 0 Å². The largest absolute Gasteiger partial charge is 0.350 e. The van der Waals surface area contributed by atoms with Crippen LogP contribution >= 0.6 is 0 Å². The predicted molar refractivity (Wildman–Crippen MR) is 89.8 cm³/mol. The summed E-state index contributed by atoms with van der Waals surface area (Å²) in [5, 5.41) is 9.38. The van der Waals surface area contributed by atoms with Gasteiger partial charge in [0.1, 0.15) is 12.9 Å². The van der Waals surface area contributed by atoms with Gasteiger partial charge < -0.3 is 11.1 Å². The molecule has 2 aromatic rings. The molecule has 8 nitrogen and oxygen atoms in total. The van der Waals surface area contributed by atoms with Gasteiger partial charge in [0, 0.05) is 6.54 Å². The lowest BCUT2D eigenvalue weighted by Crippen LogP contribution is -2.35. The van der Waals surface area contributed by atoms with E-state index in [4.69, 9.17) is 5.73 Å². The molecule has 8 heteroatoms. The number of aromatic nitrogens is 3. The molecule has 2 amide bonds. The molecule has 128 valence electrons. The smallest absolute Gasteiger partial charge is 0.248 e. The van der Waals surface area contributed by atoms with Gasteiger partial charge in [0.25, 0.3) is 0 Å². The topological polar surface area (TPSA) is 115 Å². The molecule has 0 aliphatic rings. The number of anilines is 1. The van der Waals surface area contributed by atoms with Crippen LogP contribution in [0, 0.1) is 0 Å². The lowest BCUT2D eigenvalue weighted by Gasteiger charge is -2.08. The molecule has 1 heterocycles. The molecule has 1 unspecified atom stereocenters. The lowest BCUT2D eigenvalue weighted by atomic mass is 10.2. The Bertz CT molecular complexity index is 670. The van der Waals surface area contributed by atoms with Gasteiger partial charge in [-0.05, 0) is 12.0 Å². The van der Waals surface area contributed by atoms with Crippen molar-refractivity contribution < 1.29 is 9.59 Å². The summed E-state index contributed by atoms with van der Waals surface area (Å²) in [6.45, 7) is 2.43. The Morgan fingerprint density at radius 1 is 1.29 bits per heavy atom. The number of nitrogens with one attached hydrogen (secondary N) is 2. The van der Waals surface area contributed by atoms with Gasteiger partial charge in [-0.15, -0.1) is 5.10 Å². The van der Waals surface area contributed by atoms with E-state index in [0.29, 0.717) is 13.0 Å². The van der Waals surface area contributed by atoms with Crippen LogP contribution in [-0.4, -0.2) is 32.6 Å². The number of benzene rings is 1. The predicted octanol–water partition coefficient (Wildman–Crippen LogP) is 0.660. The van der Waals surface area contributed by atoms with E-state index < -0.39 is 6.04 Å². The Balaban J connectivity index is 1.80. The van der Waals surface area contributed by atoms with Gasteiger partial charge >= 0.3 is 0 Å². The first-order valence-corrected chi connectivity index (χ1v) is 7.85. The third-order valence-electron chi connectivity index (χ3n) is 3.35. The molecule has 24 heavy (non-hydrogen) atoms. The quantitative estimate of drug-likeness (QED) is 0.658. The fraction of sp³-hybridized carbons (Fsp3) is 0.375. The summed E-state index contributed by atoms with van der Waals surface area (Å²) in [5.74, 6) is -0.380. The summed E-state index contributed by atoms with van der Waals surface area (Å²) in [7, 11) is 0. The molecule has 2 rings (SSSR count). The van der Waals surface area contributed by atoms with Gasteiger partial charge in [-0.1, -0.05) is 43.7 Å². The molecule has 1 aromatic carbocycles. The number of carbonyl (C=O) groups excluding carboxylic acids is 2. The maximum absolute atomic E-state index is 11.9. The van der Waals surface area contributed by atoms with Crippen molar-refractivity contribution in [3.63, 3.8) is 0 Å². The number of carbonyl (C=O) groups is 2. The summed E-state index contributed by atoms with van der Waals surface area (Å²) in [5.41, 5.74) is 6.74. The van der Waals surface area contributed by atoms with Crippen LogP contribution in [0.5, 0.6) is 0 Å². The van der Waals surface area contributed by atoms with Crippen LogP contribution in [0.1, 0.15) is 25.3 Å².